The minimum absolute atomic E-state index is 0.0899. The highest BCUT2D eigenvalue weighted by atomic mass is 16.3. The third-order valence-electron chi connectivity index (χ3n) is 2.92. The van der Waals surface area contributed by atoms with E-state index in [1.807, 2.05) is 27.7 Å². The Labute approximate surface area is 125 Å². The summed E-state index contributed by atoms with van der Waals surface area (Å²) in [6.07, 6.45) is 2.20. The van der Waals surface area contributed by atoms with E-state index in [0.29, 0.717) is 18.8 Å². The number of aliphatic hydroxyl groups is 1. The molecule has 0 saturated carbocycles. The van der Waals surface area contributed by atoms with Crippen LogP contribution in [0.15, 0.2) is 0 Å². The van der Waals surface area contributed by atoms with E-state index < -0.39 is 0 Å². The van der Waals surface area contributed by atoms with Crippen LogP contribution in [-0.4, -0.2) is 30.5 Å². The lowest BCUT2D eigenvalue weighted by Crippen LogP contribution is -2.22. The van der Waals surface area contributed by atoms with Crippen LogP contribution in [0.5, 0.6) is 0 Å². The fraction of sp³-hybridized carbons (Fsp3) is 0.875. The van der Waals surface area contributed by atoms with Crippen molar-refractivity contribution in [1.29, 1.82) is 0 Å². The summed E-state index contributed by atoms with van der Waals surface area (Å²) in [5.74, 6) is 0.905. The first-order valence-electron chi connectivity index (χ1n) is 7.49. The van der Waals surface area contributed by atoms with Crippen LogP contribution < -0.4 is 5.32 Å². The van der Waals surface area contributed by atoms with E-state index >= 15 is 0 Å². The zero-order valence-corrected chi connectivity index (χ0v) is 14.7. The molecule has 0 aliphatic heterocycles. The lowest BCUT2D eigenvalue weighted by molar-refractivity contribution is -0.125. The van der Waals surface area contributed by atoms with Crippen molar-refractivity contribution in [2.75, 3.05) is 13.7 Å². The summed E-state index contributed by atoms with van der Waals surface area (Å²) in [4.78, 5) is 21.3. The molecule has 0 saturated heterocycles. The summed E-state index contributed by atoms with van der Waals surface area (Å²) in [5, 5.41) is 11.1. The summed E-state index contributed by atoms with van der Waals surface area (Å²) >= 11 is 0. The van der Waals surface area contributed by atoms with Gasteiger partial charge in [-0.2, -0.15) is 0 Å². The molecular weight excluding hydrogens is 254 g/mol. The van der Waals surface area contributed by atoms with Gasteiger partial charge in [-0.15, -0.1) is 0 Å². The molecule has 4 nitrogen and oxygen atoms in total. The highest BCUT2D eigenvalue weighted by Gasteiger charge is 2.21. The van der Waals surface area contributed by atoms with Crippen LogP contribution in [0, 0.1) is 11.3 Å². The summed E-state index contributed by atoms with van der Waals surface area (Å²) in [6.45, 7) is 13.5. The van der Waals surface area contributed by atoms with E-state index in [2.05, 4.69) is 19.2 Å². The van der Waals surface area contributed by atoms with Gasteiger partial charge in [0.05, 0.1) is 0 Å². The first kappa shape index (κ1) is 24.1. The maximum absolute atomic E-state index is 10.7. The number of hydrogen-bond donors (Lipinski definition) is 2. The van der Waals surface area contributed by atoms with Crippen molar-refractivity contribution in [3.63, 3.8) is 0 Å². The van der Waals surface area contributed by atoms with Gasteiger partial charge in [-0.1, -0.05) is 41.5 Å². The molecule has 0 rings (SSSR count). The monoisotopic (exact) mass is 289 g/mol. The van der Waals surface area contributed by atoms with Gasteiger partial charge in [0.15, 0.2) is 0 Å². The summed E-state index contributed by atoms with van der Waals surface area (Å²) in [5.41, 5.74) is -0.339. The number of hydrogen-bond acceptors (Lipinski definition) is 3. The van der Waals surface area contributed by atoms with E-state index in [1.54, 1.807) is 14.0 Å². The number of ketones is 1. The topological polar surface area (TPSA) is 66.4 Å². The molecule has 4 heteroatoms. The van der Waals surface area contributed by atoms with Crippen LogP contribution in [0.25, 0.3) is 0 Å². The van der Waals surface area contributed by atoms with Gasteiger partial charge in [0, 0.05) is 25.5 Å². The molecule has 122 valence electrons. The van der Waals surface area contributed by atoms with E-state index in [4.69, 9.17) is 5.11 Å². The second-order valence-electron chi connectivity index (χ2n) is 5.52. The van der Waals surface area contributed by atoms with Gasteiger partial charge in [0.2, 0.25) is 5.91 Å². The van der Waals surface area contributed by atoms with E-state index in [9.17, 15) is 9.59 Å². The normalized spacial score (nSPS) is 9.90. The van der Waals surface area contributed by atoms with E-state index in [0.717, 1.165) is 6.42 Å². The quantitative estimate of drug-likeness (QED) is 0.789. The highest BCUT2D eigenvalue weighted by Crippen LogP contribution is 2.19. The van der Waals surface area contributed by atoms with Crippen molar-refractivity contribution in [1.82, 2.24) is 5.32 Å². The fourth-order valence-corrected chi connectivity index (χ4v) is 1.00. The molecule has 0 aromatic heterocycles. The van der Waals surface area contributed by atoms with Gasteiger partial charge in [-0.25, -0.2) is 0 Å². The Morgan fingerprint density at radius 3 is 1.85 bits per heavy atom. The summed E-state index contributed by atoms with van der Waals surface area (Å²) < 4.78 is 0. The number of aliphatic hydroxyl groups excluding tert-OH is 1. The predicted molar refractivity (Wildman–Crippen MR) is 85.7 cm³/mol. The Balaban J connectivity index is -0.000000257. The molecular formula is C16H35NO3. The van der Waals surface area contributed by atoms with Crippen molar-refractivity contribution >= 4 is 11.7 Å². The molecule has 0 radical (unpaired) electrons. The number of Topliss-reactive ketones (excluding diaryl/α,β-unsaturated/α-hetero) is 1. The van der Waals surface area contributed by atoms with Crippen LogP contribution in [0.2, 0.25) is 0 Å². The van der Waals surface area contributed by atoms with Crippen LogP contribution in [0.1, 0.15) is 67.7 Å². The molecule has 0 aliphatic rings. The zero-order chi connectivity index (χ0) is 16.8. The minimum atomic E-state index is -0.339. The maximum Gasteiger partial charge on any atom is 0.219 e. The first-order valence-corrected chi connectivity index (χ1v) is 7.49. The smallest absolute Gasteiger partial charge is 0.219 e. The van der Waals surface area contributed by atoms with Crippen LogP contribution in [0.4, 0.5) is 0 Å². The van der Waals surface area contributed by atoms with Gasteiger partial charge in [-0.05, 0) is 25.7 Å². The Kier molecular flexibility index (Phi) is 17.5. The lowest BCUT2D eigenvalue weighted by Gasteiger charge is -2.18. The Hall–Kier alpha value is -0.900. The Morgan fingerprint density at radius 2 is 1.65 bits per heavy atom. The molecule has 0 spiro atoms. The maximum atomic E-state index is 10.7. The van der Waals surface area contributed by atoms with Gasteiger partial charge in [0.1, 0.15) is 5.78 Å². The molecule has 20 heavy (non-hydrogen) atoms. The number of amides is 1. The van der Waals surface area contributed by atoms with Crippen molar-refractivity contribution in [2.45, 2.75) is 67.7 Å². The molecule has 0 atom stereocenters. The SMILES string of the molecule is CC.CC(=O)C(C)(C)CCO.CNC(=O)CCC(C)C. The number of carbonyl (C=O) groups is 2. The second-order valence-corrected chi connectivity index (χ2v) is 5.52. The average molecular weight is 289 g/mol. The van der Waals surface area contributed by atoms with Gasteiger partial charge in [-0.3, -0.25) is 9.59 Å². The highest BCUT2D eigenvalue weighted by molar-refractivity contribution is 5.81. The fourth-order valence-electron chi connectivity index (χ4n) is 1.00. The van der Waals surface area contributed by atoms with Crippen LogP contribution in [-0.2, 0) is 9.59 Å². The lowest BCUT2D eigenvalue weighted by atomic mass is 9.86. The van der Waals surface area contributed by atoms with Crippen LogP contribution in [0.3, 0.4) is 0 Å². The summed E-state index contributed by atoms with van der Waals surface area (Å²) in [7, 11) is 1.67. The predicted octanol–water partition coefficient (Wildman–Crippen LogP) is 3.18. The standard InChI is InChI=1S/C7H15NO.C7H14O2.C2H6/c1-6(2)4-5-7(9)8-3;1-6(9)7(2,3)4-5-8;1-2/h6H,4-5H2,1-3H3,(H,8,9);8H,4-5H2,1-3H3;1-2H3. The third-order valence-corrected chi connectivity index (χ3v) is 2.92. The number of nitrogens with one attached hydrogen (secondary N) is 1. The molecule has 0 fully saturated rings. The van der Waals surface area contributed by atoms with Crippen molar-refractivity contribution in [3.05, 3.63) is 0 Å². The zero-order valence-electron chi connectivity index (χ0n) is 14.7. The first-order chi connectivity index (χ1) is 9.17. The Bertz CT molecular complexity index is 248. The number of rotatable bonds is 6. The molecule has 0 bridgehead atoms. The van der Waals surface area contributed by atoms with E-state index in [1.165, 1.54) is 0 Å². The molecule has 1 amide bonds. The molecule has 0 unspecified atom stereocenters. The van der Waals surface area contributed by atoms with Gasteiger partial charge in [0.25, 0.3) is 0 Å². The van der Waals surface area contributed by atoms with E-state index in [-0.39, 0.29) is 23.7 Å². The third kappa shape index (κ3) is 17.1. The number of carbonyl (C=O) groups excluding carboxylic acids is 2. The van der Waals surface area contributed by atoms with Crippen molar-refractivity contribution < 1.29 is 14.7 Å². The van der Waals surface area contributed by atoms with Crippen molar-refractivity contribution in [3.8, 4) is 0 Å². The Morgan fingerprint density at radius 1 is 1.20 bits per heavy atom. The minimum Gasteiger partial charge on any atom is -0.396 e. The molecule has 0 heterocycles. The van der Waals surface area contributed by atoms with Crippen LogP contribution >= 0.6 is 0 Å². The van der Waals surface area contributed by atoms with Gasteiger partial charge < -0.3 is 10.4 Å². The molecule has 0 aliphatic carbocycles. The molecule has 0 aromatic carbocycles. The summed E-state index contributed by atoms with van der Waals surface area (Å²) in [6, 6.07) is 0. The van der Waals surface area contributed by atoms with Gasteiger partial charge >= 0.3 is 0 Å². The second kappa shape index (κ2) is 14.5. The van der Waals surface area contributed by atoms with Crippen molar-refractivity contribution in [2.24, 2.45) is 11.3 Å². The molecule has 0 aromatic rings. The molecule has 2 N–H and O–H groups in total. The average Bonchev–Trinajstić information content (AvgIpc) is 2.38. The largest absolute Gasteiger partial charge is 0.396 e.